The van der Waals surface area contributed by atoms with Crippen molar-refractivity contribution in [2.24, 2.45) is 0 Å². The highest BCUT2D eigenvalue weighted by atomic mass is 35.5. The molecule has 3 nitrogen and oxygen atoms in total. The Morgan fingerprint density at radius 3 is 2.94 bits per heavy atom. The van der Waals surface area contributed by atoms with Crippen LogP contribution in [0.15, 0.2) is 23.1 Å². The number of aliphatic hydroxyl groups is 1. The SMILES string of the molecule is CCCCOCC(O)CSc1c(N)cccc1Cl. The summed E-state index contributed by atoms with van der Waals surface area (Å²) in [7, 11) is 0. The zero-order chi connectivity index (χ0) is 13.4. The smallest absolute Gasteiger partial charge is 0.0867 e. The summed E-state index contributed by atoms with van der Waals surface area (Å²) in [6.07, 6.45) is 1.63. The molecule has 1 rings (SSSR count). The molecule has 1 unspecified atom stereocenters. The predicted molar refractivity (Wildman–Crippen MR) is 78.3 cm³/mol. The molecule has 0 amide bonds. The normalized spacial score (nSPS) is 12.6. The predicted octanol–water partition coefficient (Wildman–Crippen LogP) is 3.19. The van der Waals surface area contributed by atoms with Crippen molar-refractivity contribution in [3.8, 4) is 0 Å². The fourth-order valence-corrected chi connectivity index (χ4v) is 2.61. The molecular weight excluding hydrogens is 270 g/mol. The molecule has 0 aromatic heterocycles. The molecule has 1 aromatic carbocycles. The van der Waals surface area contributed by atoms with Crippen LogP contribution in [0.25, 0.3) is 0 Å². The highest BCUT2D eigenvalue weighted by Crippen LogP contribution is 2.32. The van der Waals surface area contributed by atoms with Gasteiger partial charge in [0, 0.05) is 22.9 Å². The Balaban J connectivity index is 2.31. The first kappa shape index (κ1) is 15.6. The van der Waals surface area contributed by atoms with E-state index < -0.39 is 6.10 Å². The number of rotatable bonds is 8. The minimum absolute atomic E-state index is 0.358. The summed E-state index contributed by atoms with van der Waals surface area (Å²) in [5, 5.41) is 10.4. The van der Waals surface area contributed by atoms with Gasteiger partial charge >= 0.3 is 0 Å². The largest absolute Gasteiger partial charge is 0.398 e. The van der Waals surface area contributed by atoms with Crippen molar-refractivity contribution in [1.82, 2.24) is 0 Å². The van der Waals surface area contributed by atoms with Crippen LogP contribution in [0.1, 0.15) is 19.8 Å². The minimum Gasteiger partial charge on any atom is -0.398 e. The molecule has 0 bridgehead atoms. The number of hydrogen-bond donors (Lipinski definition) is 2. The number of aliphatic hydroxyl groups excluding tert-OH is 1. The fraction of sp³-hybridized carbons (Fsp3) is 0.538. The van der Waals surface area contributed by atoms with Gasteiger partial charge in [-0.3, -0.25) is 0 Å². The standard InChI is InChI=1S/C13H20ClNO2S/c1-2-3-7-17-8-10(16)9-18-13-11(14)5-4-6-12(13)15/h4-6,10,16H,2-3,7-9,15H2,1H3. The summed E-state index contributed by atoms with van der Waals surface area (Å²) in [6, 6.07) is 5.41. The van der Waals surface area contributed by atoms with Crippen molar-refractivity contribution in [2.75, 3.05) is 24.7 Å². The van der Waals surface area contributed by atoms with Gasteiger partial charge in [-0.1, -0.05) is 31.0 Å². The van der Waals surface area contributed by atoms with Gasteiger partial charge in [0.25, 0.3) is 0 Å². The lowest BCUT2D eigenvalue weighted by Crippen LogP contribution is -2.18. The van der Waals surface area contributed by atoms with E-state index in [-0.39, 0.29) is 0 Å². The van der Waals surface area contributed by atoms with Crippen LogP contribution in [0.3, 0.4) is 0 Å². The molecule has 1 aromatic rings. The molecule has 0 fully saturated rings. The number of nitrogen functional groups attached to an aromatic ring is 1. The summed E-state index contributed by atoms with van der Waals surface area (Å²) in [6.45, 7) is 3.17. The summed E-state index contributed by atoms with van der Waals surface area (Å²) in [5.74, 6) is 0.528. The van der Waals surface area contributed by atoms with Crippen LogP contribution in [0.2, 0.25) is 5.02 Å². The molecule has 0 saturated carbocycles. The average Bonchev–Trinajstić information content (AvgIpc) is 2.34. The third-order valence-corrected chi connectivity index (χ3v) is 4.09. The minimum atomic E-state index is -0.498. The van der Waals surface area contributed by atoms with Gasteiger partial charge in [-0.05, 0) is 18.6 Å². The van der Waals surface area contributed by atoms with Gasteiger partial charge in [0.2, 0.25) is 0 Å². The third kappa shape index (κ3) is 5.48. The van der Waals surface area contributed by atoms with E-state index in [1.807, 2.05) is 6.07 Å². The Bertz CT molecular complexity index is 343. The lowest BCUT2D eigenvalue weighted by molar-refractivity contribution is 0.0473. The number of halogens is 1. The number of unbranched alkanes of at least 4 members (excludes halogenated alkanes) is 1. The second kappa shape index (κ2) is 8.64. The van der Waals surface area contributed by atoms with Crippen molar-refractivity contribution in [1.29, 1.82) is 0 Å². The summed E-state index contributed by atoms with van der Waals surface area (Å²) >= 11 is 7.50. The molecule has 18 heavy (non-hydrogen) atoms. The number of benzene rings is 1. The quantitative estimate of drug-likeness (QED) is 0.438. The number of nitrogens with two attached hydrogens (primary N) is 1. The van der Waals surface area contributed by atoms with E-state index in [0.29, 0.717) is 29.7 Å². The zero-order valence-electron chi connectivity index (χ0n) is 10.6. The molecule has 0 radical (unpaired) electrons. The molecule has 5 heteroatoms. The second-order valence-electron chi connectivity index (χ2n) is 4.05. The lowest BCUT2D eigenvalue weighted by atomic mass is 10.3. The molecular formula is C13H20ClNO2S. The maximum atomic E-state index is 9.76. The first-order valence-corrected chi connectivity index (χ1v) is 7.44. The van der Waals surface area contributed by atoms with E-state index in [1.165, 1.54) is 11.8 Å². The van der Waals surface area contributed by atoms with Crippen molar-refractivity contribution >= 4 is 29.1 Å². The van der Waals surface area contributed by atoms with E-state index in [1.54, 1.807) is 12.1 Å². The molecule has 102 valence electrons. The van der Waals surface area contributed by atoms with Gasteiger partial charge in [0.05, 0.1) is 17.7 Å². The molecule has 0 saturated heterocycles. The van der Waals surface area contributed by atoms with Gasteiger partial charge in [0.15, 0.2) is 0 Å². The molecule has 0 aliphatic carbocycles. The van der Waals surface area contributed by atoms with Gasteiger partial charge in [0.1, 0.15) is 0 Å². The van der Waals surface area contributed by atoms with Crippen molar-refractivity contribution in [2.45, 2.75) is 30.8 Å². The van der Waals surface area contributed by atoms with E-state index in [4.69, 9.17) is 22.1 Å². The molecule has 0 aliphatic heterocycles. The van der Waals surface area contributed by atoms with Crippen molar-refractivity contribution < 1.29 is 9.84 Å². The summed E-state index contributed by atoms with van der Waals surface area (Å²) in [4.78, 5) is 0.826. The number of ether oxygens (including phenoxy) is 1. The average molecular weight is 290 g/mol. The van der Waals surface area contributed by atoms with Crippen LogP contribution in [0, 0.1) is 0 Å². The van der Waals surface area contributed by atoms with E-state index in [0.717, 1.165) is 17.7 Å². The number of thioether (sulfide) groups is 1. The highest BCUT2D eigenvalue weighted by Gasteiger charge is 2.09. The van der Waals surface area contributed by atoms with Crippen LogP contribution in [0.4, 0.5) is 5.69 Å². The maximum absolute atomic E-state index is 9.76. The first-order valence-electron chi connectivity index (χ1n) is 6.07. The lowest BCUT2D eigenvalue weighted by Gasteiger charge is -2.12. The molecule has 0 spiro atoms. The van der Waals surface area contributed by atoms with Crippen LogP contribution in [0.5, 0.6) is 0 Å². The fourth-order valence-electron chi connectivity index (χ4n) is 1.37. The zero-order valence-corrected chi connectivity index (χ0v) is 12.1. The Hall–Kier alpha value is -0.420. The third-order valence-electron chi connectivity index (χ3n) is 2.37. The molecule has 3 N–H and O–H groups in total. The maximum Gasteiger partial charge on any atom is 0.0867 e. The van der Waals surface area contributed by atoms with Crippen molar-refractivity contribution in [3.63, 3.8) is 0 Å². The van der Waals surface area contributed by atoms with E-state index >= 15 is 0 Å². The number of hydrogen-bond acceptors (Lipinski definition) is 4. The Morgan fingerprint density at radius 2 is 2.28 bits per heavy atom. The number of anilines is 1. The van der Waals surface area contributed by atoms with E-state index in [9.17, 15) is 5.11 Å². The first-order chi connectivity index (χ1) is 8.65. The van der Waals surface area contributed by atoms with Crippen LogP contribution < -0.4 is 5.73 Å². The summed E-state index contributed by atoms with van der Waals surface area (Å²) in [5.41, 5.74) is 6.47. The van der Waals surface area contributed by atoms with Crippen LogP contribution >= 0.6 is 23.4 Å². The Kier molecular flexibility index (Phi) is 7.51. The van der Waals surface area contributed by atoms with Gasteiger partial charge in [-0.2, -0.15) is 0 Å². The monoisotopic (exact) mass is 289 g/mol. The molecule has 0 heterocycles. The summed E-state index contributed by atoms with van der Waals surface area (Å²) < 4.78 is 5.36. The Labute approximate surface area is 118 Å². The van der Waals surface area contributed by atoms with E-state index in [2.05, 4.69) is 6.92 Å². The van der Waals surface area contributed by atoms with Crippen LogP contribution in [-0.4, -0.2) is 30.2 Å². The Morgan fingerprint density at radius 1 is 1.50 bits per heavy atom. The second-order valence-corrected chi connectivity index (χ2v) is 5.49. The molecule has 0 aliphatic rings. The topological polar surface area (TPSA) is 55.5 Å². The van der Waals surface area contributed by atoms with Gasteiger partial charge in [-0.15, -0.1) is 11.8 Å². The van der Waals surface area contributed by atoms with Gasteiger partial charge in [-0.25, -0.2) is 0 Å². The van der Waals surface area contributed by atoms with Crippen LogP contribution in [-0.2, 0) is 4.74 Å². The van der Waals surface area contributed by atoms with Crippen molar-refractivity contribution in [3.05, 3.63) is 23.2 Å². The molecule has 1 atom stereocenters. The van der Waals surface area contributed by atoms with Gasteiger partial charge < -0.3 is 15.6 Å². The highest BCUT2D eigenvalue weighted by molar-refractivity contribution is 7.99.